The Bertz CT molecular complexity index is 542. The van der Waals surface area contributed by atoms with E-state index in [0.29, 0.717) is 0 Å². The Morgan fingerprint density at radius 3 is 1.16 bits per heavy atom. The molecule has 0 amide bonds. The van der Waals surface area contributed by atoms with Crippen LogP contribution in [0.4, 0.5) is 0 Å². The molecule has 0 saturated carbocycles. The van der Waals surface area contributed by atoms with Gasteiger partial charge in [0.1, 0.15) is 0 Å². The maximum Gasteiger partial charge on any atom is 2.00 e. The Morgan fingerprint density at radius 1 is 0.684 bits per heavy atom. The molecule has 2 aromatic rings. The zero-order valence-corrected chi connectivity index (χ0v) is 12.2. The molecule has 0 aliphatic heterocycles. The van der Waals surface area contributed by atoms with Gasteiger partial charge in [0.15, 0.2) is 0 Å². The molecule has 0 aromatic heterocycles. The molecular formula is C14H12CaO4. The first kappa shape index (κ1) is 15.7. The van der Waals surface area contributed by atoms with Gasteiger partial charge >= 0.3 is 49.7 Å². The van der Waals surface area contributed by atoms with Crippen LogP contribution in [0.15, 0.2) is 48.5 Å². The second-order valence-corrected chi connectivity index (χ2v) is 3.77. The van der Waals surface area contributed by atoms with Crippen LogP contribution in [0.1, 0.15) is 23.6 Å². The first-order chi connectivity index (χ1) is 8.58. The van der Waals surface area contributed by atoms with Crippen molar-refractivity contribution in [2.45, 2.75) is 0 Å². The van der Waals surface area contributed by atoms with E-state index in [1.54, 1.807) is 24.3 Å². The molecule has 0 radical (unpaired) electrons. The maximum absolute atomic E-state index is 10.7. The average Bonchev–Trinajstić information content (AvgIpc) is 2.39. The Morgan fingerprint density at radius 2 is 0.947 bits per heavy atom. The van der Waals surface area contributed by atoms with Crippen LogP contribution >= 0.6 is 0 Å². The second kappa shape index (κ2) is 6.70. The summed E-state index contributed by atoms with van der Waals surface area (Å²) in [6.07, 6.45) is 0. The molecule has 2 aromatic carbocycles. The molecular weight excluding hydrogens is 272 g/mol. The summed E-state index contributed by atoms with van der Waals surface area (Å²) in [6, 6.07) is 12.8. The van der Waals surface area contributed by atoms with Gasteiger partial charge in [0.25, 0.3) is 0 Å². The molecule has 2 N–H and O–H groups in total. The number of carboxylic acid groups (broad SMARTS) is 2. The van der Waals surface area contributed by atoms with E-state index in [2.05, 4.69) is 0 Å². The van der Waals surface area contributed by atoms with Crippen molar-refractivity contribution in [1.82, 2.24) is 0 Å². The molecule has 0 aliphatic rings. The third-order valence-electron chi connectivity index (χ3n) is 2.60. The van der Waals surface area contributed by atoms with Crippen molar-refractivity contribution < 1.29 is 22.7 Å². The summed E-state index contributed by atoms with van der Waals surface area (Å²) < 4.78 is 0. The normalized spacial score (nSPS) is 9.47. The van der Waals surface area contributed by atoms with Crippen molar-refractivity contribution >= 4 is 49.7 Å². The summed E-state index contributed by atoms with van der Waals surface area (Å²) in [5, 5.41) is 17.6. The number of hydrogen-bond acceptors (Lipinski definition) is 2. The third kappa shape index (κ3) is 3.80. The van der Waals surface area contributed by atoms with E-state index in [1.807, 2.05) is 0 Å². The van der Waals surface area contributed by atoms with E-state index in [0.717, 1.165) is 11.1 Å². The zero-order chi connectivity index (χ0) is 13.1. The molecule has 0 aliphatic carbocycles. The van der Waals surface area contributed by atoms with E-state index in [9.17, 15) is 9.59 Å². The van der Waals surface area contributed by atoms with Crippen LogP contribution in [0.5, 0.6) is 0 Å². The minimum Gasteiger partial charge on any atom is -1.00 e. The molecule has 0 unspecified atom stereocenters. The van der Waals surface area contributed by atoms with E-state index in [4.69, 9.17) is 10.2 Å². The van der Waals surface area contributed by atoms with Crippen LogP contribution in [-0.4, -0.2) is 59.9 Å². The van der Waals surface area contributed by atoms with Gasteiger partial charge in [-0.1, -0.05) is 24.3 Å². The molecule has 0 bridgehead atoms. The summed E-state index contributed by atoms with van der Waals surface area (Å²) >= 11 is 0. The van der Waals surface area contributed by atoms with Crippen LogP contribution in [-0.2, 0) is 0 Å². The van der Waals surface area contributed by atoms with Crippen molar-refractivity contribution in [3.63, 3.8) is 0 Å². The van der Waals surface area contributed by atoms with Crippen LogP contribution < -0.4 is 0 Å². The van der Waals surface area contributed by atoms with Gasteiger partial charge in [-0.3, -0.25) is 0 Å². The Balaban J connectivity index is 0. The zero-order valence-electron chi connectivity index (χ0n) is 12.0. The van der Waals surface area contributed by atoms with E-state index >= 15 is 0 Å². The first-order valence-electron chi connectivity index (χ1n) is 5.25. The Labute approximate surface area is 142 Å². The van der Waals surface area contributed by atoms with Gasteiger partial charge in [-0.15, -0.1) is 0 Å². The molecule has 2 rings (SSSR count). The number of aromatic carboxylic acids is 2. The number of rotatable bonds is 3. The van der Waals surface area contributed by atoms with Crippen molar-refractivity contribution in [1.29, 1.82) is 0 Å². The van der Waals surface area contributed by atoms with E-state index in [1.165, 1.54) is 24.3 Å². The van der Waals surface area contributed by atoms with Crippen molar-refractivity contribution in [3.8, 4) is 11.1 Å². The van der Waals surface area contributed by atoms with Gasteiger partial charge in [0.05, 0.1) is 11.1 Å². The van der Waals surface area contributed by atoms with Crippen molar-refractivity contribution in [3.05, 3.63) is 59.7 Å². The molecule has 94 valence electrons. The number of benzene rings is 2. The van der Waals surface area contributed by atoms with Crippen LogP contribution in [0.25, 0.3) is 11.1 Å². The first-order valence-corrected chi connectivity index (χ1v) is 5.25. The number of carboxylic acids is 2. The molecule has 4 nitrogen and oxygen atoms in total. The van der Waals surface area contributed by atoms with Crippen LogP contribution in [0.3, 0.4) is 0 Å². The van der Waals surface area contributed by atoms with Crippen LogP contribution in [0.2, 0.25) is 0 Å². The molecule has 0 spiro atoms. The summed E-state index contributed by atoms with van der Waals surface area (Å²) in [7, 11) is 0. The van der Waals surface area contributed by atoms with Crippen LogP contribution in [0, 0.1) is 0 Å². The van der Waals surface area contributed by atoms with E-state index in [-0.39, 0.29) is 51.7 Å². The summed E-state index contributed by atoms with van der Waals surface area (Å²) in [5.74, 6) is -1.94. The van der Waals surface area contributed by atoms with Crippen molar-refractivity contribution in [2.75, 3.05) is 0 Å². The van der Waals surface area contributed by atoms with Gasteiger partial charge in [-0.2, -0.15) is 0 Å². The standard InChI is InChI=1S/C14H10O4.Ca.2H/c15-13(16)11-5-1-9(2-6-11)10-3-7-12(8-4-10)14(17)18;;;/h1-8H,(H,15,16)(H,17,18);;;/q;+2;2*-1. The second-order valence-electron chi connectivity index (χ2n) is 3.77. The largest absolute Gasteiger partial charge is 2.00 e. The summed E-state index contributed by atoms with van der Waals surface area (Å²) in [6.45, 7) is 0. The predicted molar refractivity (Wildman–Crippen MR) is 73.8 cm³/mol. The smallest absolute Gasteiger partial charge is 1.00 e. The van der Waals surface area contributed by atoms with Gasteiger partial charge in [0, 0.05) is 0 Å². The third-order valence-corrected chi connectivity index (χ3v) is 2.60. The molecule has 0 heterocycles. The SMILES string of the molecule is O=C(O)c1ccc(-c2ccc(C(=O)O)cc2)cc1.[Ca+2].[H-].[H-]. The minimum absolute atomic E-state index is 0. The molecule has 0 saturated heterocycles. The fraction of sp³-hybridized carbons (Fsp3) is 0. The molecule has 5 heteroatoms. The monoisotopic (exact) mass is 284 g/mol. The Kier molecular flexibility index (Phi) is 5.54. The van der Waals surface area contributed by atoms with Gasteiger partial charge in [-0.05, 0) is 35.4 Å². The van der Waals surface area contributed by atoms with Gasteiger partial charge in [-0.25, -0.2) is 9.59 Å². The summed E-state index contributed by atoms with van der Waals surface area (Å²) in [4.78, 5) is 21.4. The molecule has 0 fully saturated rings. The fourth-order valence-corrected chi connectivity index (χ4v) is 1.61. The number of carbonyl (C=O) groups is 2. The number of hydrogen-bond donors (Lipinski definition) is 2. The van der Waals surface area contributed by atoms with E-state index < -0.39 is 11.9 Å². The quantitative estimate of drug-likeness (QED) is 0.850. The maximum atomic E-state index is 10.7. The summed E-state index contributed by atoms with van der Waals surface area (Å²) in [5.41, 5.74) is 2.13. The van der Waals surface area contributed by atoms with Gasteiger partial charge in [0.2, 0.25) is 0 Å². The average molecular weight is 284 g/mol. The fourth-order valence-electron chi connectivity index (χ4n) is 1.61. The minimum atomic E-state index is -0.970. The van der Waals surface area contributed by atoms with Gasteiger partial charge < -0.3 is 13.1 Å². The predicted octanol–water partition coefficient (Wildman–Crippen LogP) is 2.59. The topological polar surface area (TPSA) is 74.6 Å². The Hall–Kier alpha value is -1.36. The molecule has 19 heavy (non-hydrogen) atoms. The van der Waals surface area contributed by atoms with Crippen molar-refractivity contribution in [2.24, 2.45) is 0 Å². The molecule has 0 atom stereocenters.